The number of carbonyl (C=O) groups is 1. The van der Waals surface area contributed by atoms with Crippen LogP contribution in [0.1, 0.15) is 23.1 Å². The van der Waals surface area contributed by atoms with Gasteiger partial charge in [0, 0.05) is 16.0 Å². The van der Waals surface area contributed by atoms with Gasteiger partial charge in [0.1, 0.15) is 5.69 Å². The maximum atomic E-state index is 12.3. The highest BCUT2D eigenvalue weighted by Gasteiger charge is 2.16. The molecule has 5 nitrogen and oxygen atoms in total. The molecule has 1 heterocycles. The van der Waals surface area contributed by atoms with E-state index in [-0.39, 0.29) is 5.91 Å². The van der Waals surface area contributed by atoms with Crippen molar-refractivity contribution in [3.63, 3.8) is 0 Å². The van der Waals surface area contributed by atoms with Gasteiger partial charge in [-0.1, -0.05) is 22.9 Å². The van der Waals surface area contributed by atoms with E-state index in [9.17, 15) is 4.79 Å². The molecule has 1 amide bonds. The highest BCUT2D eigenvalue weighted by Crippen LogP contribution is 2.32. The van der Waals surface area contributed by atoms with Crippen LogP contribution in [0, 0.1) is 0 Å². The quantitative estimate of drug-likeness (QED) is 0.774. The van der Waals surface area contributed by atoms with Crippen LogP contribution in [0.25, 0.3) is 0 Å². The third-order valence-electron chi connectivity index (χ3n) is 2.85. The van der Waals surface area contributed by atoms with Gasteiger partial charge in [-0.25, -0.2) is 0 Å². The number of rotatable bonds is 3. The molecule has 0 bridgehead atoms. The number of nitrogen functional groups attached to an aromatic ring is 1. The Bertz CT molecular complexity index is 643. The van der Waals surface area contributed by atoms with E-state index in [1.165, 1.54) is 0 Å². The molecule has 20 heavy (non-hydrogen) atoms. The summed E-state index contributed by atoms with van der Waals surface area (Å²) in [5.74, 6) is -0.241. The van der Waals surface area contributed by atoms with Crippen molar-refractivity contribution in [1.29, 1.82) is 0 Å². The maximum Gasteiger partial charge on any atom is 0.274 e. The summed E-state index contributed by atoms with van der Waals surface area (Å²) in [7, 11) is 1.74. The topological polar surface area (TPSA) is 72.9 Å². The largest absolute Gasteiger partial charge is 0.397 e. The molecule has 3 N–H and O–H groups in total. The van der Waals surface area contributed by atoms with Crippen LogP contribution >= 0.6 is 31.9 Å². The predicted molar refractivity (Wildman–Crippen MR) is 86.8 cm³/mol. The summed E-state index contributed by atoms with van der Waals surface area (Å²) in [6.45, 7) is 1.99. The fourth-order valence-corrected chi connectivity index (χ4v) is 3.17. The van der Waals surface area contributed by atoms with Crippen molar-refractivity contribution in [2.75, 3.05) is 11.1 Å². The number of halogens is 2. The van der Waals surface area contributed by atoms with E-state index in [1.807, 2.05) is 13.0 Å². The third kappa shape index (κ3) is 3.04. The Hall–Kier alpha value is -1.34. The number of hydrogen-bond acceptors (Lipinski definition) is 3. The number of nitrogens with two attached hydrogens (primary N) is 1. The number of anilines is 2. The summed E-state index contributed by atoms with van der Waals surface area (Å²) in [6.07, 6.45) is 0.783. The van der Waals surface area contributed by atoms with Crippen LogP contribution in [0.5, 0.6) is 0 Å². The molecule has 0 saturated carbocycles. The molecule has 0 saturated heterocycles. The molecule has 0 atom stereocenters. The number of hydrogen-bond donors (Lipinski definition) is 2. The van der Waals surface area contributed by atoms with Gasteiger partial charge in [-0.15, -0.1) is 0 Å². The number of nitrogens with zero attached hydrogens (tertiary/aromatic N) is 2. The Labute approximate surface area is 133 Å². The number of benzene rings is 1. The Balaban J connectivity index is 2.30. The average Bonchev–Trinajstić information content (AvgIpc) is 2.75. The third-order valence-corrected chi connectivity index (χ3v) is 3.93. The van der Waals surface area contributed by atoms with E-state index < -0.39 is 0 Å². The zero-order valence-electron chi connectivity index (χ0n) is 11.1. The molecule has 106 valence electrons. The van der Waals surface area contributed by atoms with Gasteiger partial charge in [0.15, 0.2) is 0 Å². The first-order valence-electron chi connectivity index (χ1n) is 6.01. The smallest absolute Gasteiger partial charge is 0.274 e. The normalized spacial score (nSPS) is 10.6. The van der Waals surface area contributed by atoms with E-state index in [0.29, 0.717) is 17.1 Å². The van der Waals surface area contributed by atoms with Crippen LogP contribution in [-0.2, 0) is 13.5 Å². The molecule has 0 aliphatic rings. The van der Waals surface area contributed by atoms with Crippen LogP contribution in [-0.4, -0.2) is 15.7 Å². The fourth-order valence-electron chi connectivity index (χ4n) is 1.81. The number of aryl methyl sites for hydroxylation is 2. The Morgan fingerprint density at radius 2 is 2.10 bits per heavy atom. The van der Waals surface area contributed by atoms with Gasteiger partial charge >= 0.3 is 0 Å². The van der Waals surface area contributed by atoms with Crippen LogP contribution in [0.15, 0.2) is 27.1 Å². The van der Waals surface area contributed by atoms with Crippen molar-refractivity contribution < 1.29 is 4.79 Å². The molecule has 0 aliphatic carbocycles. The van der Waals surface area contributed by atoms with Gasteiger partial charge in [0.25, 0.3) is 5.91 Å². The fraction of sp³-hybridized carbons (Fsp3) is 0.231. The minimum Gasteiger partial charge on any atom is -0.397 e. The minimum atomic E-state index is -0.241. The van der Waals surface area contributed by atoms with Crippen molar-refractivity contribution in [1.82, 2.24) is 9.78 Å². The summed E-state index contributed by atoms with van der Waals surface area (Å²) < 4.78 is 3.13. The summed E-state index contributed by atoms with van der Waals surface area (Å²) in [5, 5.41) is 7.06. The van der Waals surface area contributed by atoms with Crippen LogP contribution < -0.4 is 11.1 Å². The lowest BCUT2D eigenvalue weighted by Crippen LogP contribution is -2.17. The van der Waals surface area contributed by atoms with Gasteiger partial charge in [-0.2, -0.15) is 5.10 Å². The number of nitrogens with one attached hydrogen (secondary N) is 1. The van der Waals surface area contributed by atoms with Gasteiger partial charge in [0.2, 0.25) is 0 Å². The molecule has 7 heteroatoms. The molecular formula is C13H14Br2N4O. The number of aromatic nitrogens is 2. The second kappa shape index (κ2) is 5.97. The molecule has 0 fully saturated rings. The number of amides is 1. The van der Waals surface area contributed by atoms with E-state index in [2.05, 4.69) is 42.3 Å². The van der Waals surface area contributed by atoms with Crippen molar-refractivity contribution in [3.05, 3.63) is 38.5 Å². The van der Waals surface area contributed by atoms with Gasteiger partial charge in [-0.05, 0) is 40.5 Å². The van der Waals surface area contributed by atoms with Gasteiger partial charge in [0.05, 0.1) is 17.1 Å². The second-order valence-corrected chi connectivity index (χ2v) is 6.07. The molecular weight excluding hydrogens is 388 g/mol. The van der Waals surface area contributed by atoms with E-state index in [4.69, 9.17) is 5.73 Å². The average molecular weight is 402 g/mol. The molecule has 2 aromatic rings. The first-order chi connectivity index (χ1) is 9.42. The summed E-state index contributed by atoms with van der Waals surface area (Å²) in [4.78, 5) is 12.3. The lowest BCUT2D eigenvalue weighted by Gasteiger charge is -2.11. The summed E-state index contributed by atoms with van der Waals surface area (Å²) in [6, 6.07) is 5.34. The zero-order chi connectivity index (χ0) is 14.9. The first-order valence-corrected chi connectivity index (χ1v) is 7.59. The Morgan fingerprint density at radius 3 is 2.65 bits per heavy atom. The highest BCUT2D eigenvalue weighted by atomic mass is 79.9. The van der Waals surface area contributed by atoms with E-state index in [0.717, 1.165) is 21.1 Å². The molecule has 2 rings (SSSR count). The Morgan fingerprint density at radius 1 is 1.40 bits per heavy atom. The van der Waals surface area contributed by atoms with Crippen molar-refractivity contribution >= 4 is 49.1 Å². The molecule has 0 spiro atoms. The van der Waals surface area contributed by atoms with Gasteiger partial charge in [-0.3, -0.25) is 9.48 Å². The Kier molecular flexibility index (Phi) is 4.49. The second-order valence-electron chi connectivity index (χ2n) is 4.30. The summed E-state index contributed by atoms with van der Waals surface area (Å²) >= 11 is 6.73. The molecule has 1 aromatic carbocycles. The van der Waals surface area contributed by atoms with Crippen molar-refractivity contribution in [2.45, 2.75) is 13.3 Å². The first kappa shape index (κ1) is 15.1. The molecule has 0 radical (unpaired) electrons. The highest BCUT2D eigenvalue weighted by molar-refractivity contribution is 9.11. The molecule has 1 aromatic heterocycles. The van der Waals surface area contributed by atoms with Crippen LogP contribution in [0.3, 0.4) is 0 Å². The van der Waals surface area contributed by atoms with Crippen LogP contribution in [0.4, 0.5) is 11.4 Å². The predicted octanol–water partition coefficient (Wildman–Crippen LogP) is 3.34. The monoisotopic (exact) mass is 400 g/mol. The lowest BCUT2D eigenvalue weighted by atomic mass is 10.2. The molecule has 0 aliphatic heterocycles. The number of carbonyl (C=O) groups excluding carboxylic acids is 1. The van der Waals surface area contributed by atoms with Crippen molar-refractivity contribution in [2.24, 2.45) is 7.05 Å². The SMILES string of the molecule is CCc1cc(C(=O)Nc2c(N)cc(Br)cc2Br)n(C)n1. The summed E-state index contributed by atoms with van der Waals surface area (Å²) in [5.41, 5.74) is 8.33. The minimum absolute atomic E-state index is 0.241. The zero-order valence-corrected chi connectivity index (χ0v) is 14.2. The van der Waals surface area contributed by atoms with E-state index >= 15 is 0 Å². The lowest BCUT2D eigenvalue weighted by molar-refractivity contribution is 0.101. The van der Waals surface area contributed by atoms with Gasteiger partial charge < -0.3 is 11.1 Å². The maximum absolute atomic E-state index is 12.3. The van der Waals surface area contributed by atoms with Crippen LogP contribution in [0.2, 0.25) is 0 Å². The molecule has 0 unspecified atom stereocenters. The van der Waals surface area contributed by atoms with E-state index in [1.54, 1.807) is 23.9 Å². The van der Waals surface area contributed by atoms with Crippen molar-refractivity contribution in [3.8, 4) is 0 Å². The standard InChI is InChI=1S/C13H14Br2N4O/c1-3-8-6-11(19(2)18-8)13(20)17-12-9(15)4-7(14)5-10(12)16/h4-6H,3,16H2,1-2H3,(H,17,20).